The lowest BCUT2D eigenvalue weighted by molar-refractivity contribution is -0.133. The molecule has 0 spiro atoms. The van der Waals surface area contributed by atoms with E-state index in [1.807, 2.05) is 38.1 Å². The molecule has 0 amide bonds. The number of halogens is 1. The van der Waals surface area contributed by atoms with E-state index in [-0.39, 0.29) is 16.9 Å². The Labute approximate surface area is 199 Å². The van der Waals surface area contributed by atoms with E-state index in [4.69, 9.17) is 0 Å². The molecule has 34 heavy (non-hydrogen) atoms. The van der Waals surface area contributed by atoms with E-state index < -0.39 is 33.9 Å². The molecule has 1 heterocycles. The normalized spacial score (nSPS) is 19.0. The Bertz CT molecular complexity index is 1310. The lowest BCUT2D eigenvalue weighted by atomic mass is 9.89. The maximum atomic E-state index is 14.1. The molecule has 3 aromatic carbocycles. The number of sulfonamides is 1. The number of aryl methyl sites for hydroxylation is 2. The van der Waals surface area contributed by atoms with Crippen LogP contribution < -0.4 is 0 Å². The summed E-state index contributed by atoms with van der Waals surface area (Å²) in [5, 5.41) is 9.98. The van der Waals surface area contributed by atoms with Gasteiger partial charge in [0.05, 0.1) is 22.6 Å². The first-order valence-electron chi connectivity index (χ1n) is 11.1. The number of hydrogen-bond donors (Lipinski definition) is 1. The van der Waals surface area contributed by atoms with Gasteiger partial charge in [0.2, 0.25) is 10.0 Å². The number of nitrogens with zero attached hydrogens (tertiary/aromatic N) is 1. The van der Waals surface area contributed by atoms with Gasteiger partial charge in [0.25, 0.3) is 0 Å². The molecular formula is C27H26FNO4S. The number of aliphatic carboxylic acids is 1. The SMILES string of the molecule is CCc1ccc([C@@H]2CC=C(C(=O)O)[C@H](c3ccc(F)cc3)N2S(=O)(=O)c2ccc(C)cc2)cc1. The van der Waals surface area contributed by atoms with Gasteiger partial charge in [0.1, 0.15) is 5.82 Å². The first-order valence-corrected chi connectivity index (χ1v) is 12.5. The second kappa shape index (κ2) is 9.52. The Kier molecular flexibility index (Phi) is 6.68. The fraction of sp³-hybridized carbons (Fsp3) is 0.222. The molecule has 0 saturated carbocycles. The molecule has 0 aromatic heterocycles. The van der Waals surface area contributed by atoms with Crippen LogP contribution in [-0.2, 0) is 21.2 Å². The Hall–Kier alpha value is -3.29. The van der Waals surface area contributed by atoms with E-state index in [0.717, 1.165) is 23.1 Å². The van der Waals surface area contributed by atoms with Crippen molar-refractivity contribution in [3.05, 3.63) is 113 Å². The third-order valence-electron chi connectivity index (χ3n) is 6.22. The lowest BCUT2D eigenvalue weighted by Gasteiger charge is -2.40. The predicted octanol–water partition coefficient (Wildman–Crippen LogP) is 5.58. The van der Waals surface area contributed by atoms with Crippen LogP contribution in [0.3, 0.4) is 0 Å². The summed E-state index contributed by atoms with van der Waals surface area (Å²) in [6.45, 7) is 3.90. The monoisotopic (exact) mass is 479 g/mol. The summed E-state index contributed by atoms with van der Waals surface area (Å²) in [6.07, 6.45) is 2.63. The Morgan fingerprint density at radius 1 is 0.971 bits per heavy atom. The van der Waals surface area contributed by atoms with Gasteiger partial charge in [-0.05, 0) is 60.7 Å². The van der Waals surface area contributed by atoms with Gasteiger partial charge < -0.3 is 5.11 Å². The summed E-state index contributed by atoms with van der Waals surface area (Å²) in [5.74, 6) is -1.70. The zero-order valence-corrected chi connectivity index (χ0v) is 19.8. The summed E-state index contributed by atoms with van der Waals surface area (Å²) in [7, 11) is -4.13. The summed E-state index contributed by atoms with van der Waals surface area (Å²) in [6, 6.07) is 17.7. The Morgan fingerprint density at radius 3 is 2.12 bits per heavy atom. The molecule has 1 aliphatic rings. The number of benzene rings is 3. The van der Waals surface area contributed by atoms with Crippen LogP contribution in [0.1, 0.15) is 47.7 Å². The molecule has 0 aliphatic carbocycles. The summed E-state index contributed by atoms with van der Waals surface area (Å²) < 4.78 is 43.1. The molecule has 1 N–H and O–H groups in total. The fourth-order valence-electron chi connectivity index (χ4n) is 4.34. The van der Waals surface area contributed by atoms with Crippen molar-refractivity contribution in [1.29, 1.82) is 0 Å². The predicted molar refractivity (Wildman–Crippen MR) is 128 cm³/mol. The number of carboxylic acid groups (broad SMARTS) is 1. The largest absolute Gasteiger partial charge is 0.478 e. The minimum absolute atomic E-state index is 0.0521. The van der Waals surface area contributed by atoms with Gasteiger partial charge in [0.15, 0.2) is 0 Å². The molecule has 0 radical (unpaired) electrons. The van der Waals surface area contributed by atoms with Crippen LogP contribution >= 0.6 is 0 Å². The average molecular weight is 480 g/mol. The van der Waals surface area contributed by atoms with E-state index >= 15 is 0 Å². The van der Waals surface area contributed by atoms with E-state index in [1.165, 1.54) is 40.7 Å². The van der Waals surface area contributed by atoms with Crippen molar-refractivity contribution in [2.24, 2.45) is 0 Å². The molecule has 176 valence electrons. The Balaban J connectivity index is 1.94. The van der Waals surface area contributed by atoms with Crippen molar-refractivity contribution >= 4 is 16.0 Å². The maximum Gasteiger partial charge on any atom is 0.333 e. The van der Waals surface area contributed by atoms with Crippen LogP contribution in [0.4, 0.5) is 4.39 Å². The summed E-state index contributed by atoms with van der Waals surface area (Å²) in [4.78, 5) is 12.3. The molecule has 0 bridgehead atoms. The highest BCUT2D eigenvalue weighted by Crippen LogP contribution is 2.45. The minimum Gasteiger partial charge on any atom is -0.478 e. The van der Waals surface area contributed by atoms with Gasteiger partial charge in [-0.25, -0.2) is 17.6 Å². The second-order valence-electron chi connectivity index (χ2n) is 8.41. The first kappa shape index (κ1) is 23.9. The van der Waals surface area contributed by atoms with Gasteiger partial charge in [-0.15, -0.1) is 0 Å². The molecule has 1 aliphatic heterocycles. The van der Waals surface area contributed by atoms with Crippen LogP contribution in [0.2, 0.25) is 0 Å². The summed E-state index contributed by atoms with van der Waals surface area (Å²) in [5.41, 5.74) is 3.12. The van der Waals surface area contributed by atoms with Crippen molar-refractivity contribution in [2.75, 3.05) is 0 Å². The van der Waals surface area contributed by atoms with Crippen LogP contribution in [0, 0.1) is 12.7 Å². The molecule has 3 aromatic rings. The quantitative estimate of drug-likeness (QED) is 0.501. The topological polar surface area (TPSA) is 74.7 Å². The second-order valence-corrected chi connectivity index (χ2v) is 10.3. The zero-order chi connectivity index (χ0) is 24.5. The van der Waals surface area contributed by atoms with Crippen molar-refractivity contribution < 1.29 is 22.7 Å². The molecular weight excluding hydrogens is 453 g/mol. The van der Waals surface area contributed by atoms with Crippen LogP contribution in [0.15, 0.2) is 89.3 Å². The highest BCUT2D eigenvalue weighted by atomic mass is 32.2. The smallest absolute Gasteiger partial charge is 0.333 e. The molecule has 4 rings (SSSR count). The third kappa shape index (κ3) is 4.54. The summed E-state index contributed by atoms with van der Waals surface area (Å²) >= 11 is 0. The van der Waals surface area contributed by atoms with Crippen molar-refractivity contribution in [3.63, 3.8) is 0 Å². The zero-order valence-electron chi connectivity index (χ0n) is 19.0. The highest BCUT2D eigenvalue weighted by molar-refractivity contribution is 7.89. The van der Waals surface area contributed by atoms with Gasteiger partial charge in [0, 0.05) is 0 Å². The molecule has 0 saturated heterocycles. The van der Waals surface area contributed by atoms with E-state index in [0.29, 0.717) is 5.56 Å². The first-order chi connectivity index (χ1) is 16.2. The third-order valence-corrected chi connectivity index (χ3v) is 8.11. The molecule has 2 atom stereocenters. The van der Waals surface area contributed by atoms with Gasteiger partial charge >= 0.3 is 5.97 Å². The van der Waals surface area contributed by atoms with E-state index in [1.54, 1.807) is 18.2 Å². The standard InChI is InChI=1S/C27H26FNO4S/c1-3-19-6-8-20(9-7-19)25-17-16-24(27(30)31)26(21-10-12-22(28)13-11-21)29(25)34(32,33)23-14-4-18(2)5-15-23/h4-16,25-26H,3,17H2,1-2H3,(H,30,31)/t25-,26-/m0/s1. The molecule has 5 nitrogen and oxygen atoms in total. The van der Waals surface area contributed by atoms with Gasteiger partial charge in [-0.2, -0.15) is 4.31 Å². The van der Waals surface area contributed by atoms with Crippen molar-refractivity contribution in [1.82, 2.24) is 4.31 Å². The minimum atomic E-state index is -4.13. The van der Waals surface area contributed by atoms with Crippen LogP contribution in [-0.4, -0.2) is 23.8 Å². The number of rotatable bonds is 6. The number of hydrogen-bond acceptors (Lipinski definition) is 3. The molecule has 0 fully saturated rings. The lowest BCUT2D eigenvalue weighted by Crippen LogP contribution is -2.42. The average Bonchev–Trinajstić information content (AvgIpc) is 2.84. The van der Waals surface area contributed by atoms with Crippen LogP contribution in [0.25, 0.3) is 0 Å². The van der Waals surface area contributed by atoms with Crippen molar-refractivity contribution in [3.8, 4) is 0 Å². The van der Waals surface area contributed by atoms with Gasteiger partial charge in [-0.1, -0.05) is 67.1 Å². The maximum absolute atomic E-state index is 14.1. The molecule has 0 unspecified atom stereocenters. The number of carbonyl (C=O) groups is 1. The fourth-order valence-corrected chi connectivity index (χ4v) is 6.12. The molecule has 7 heteroatoms. The Morgan fingerprint density at radius 2 is 1.56 bits per heavy atom. The highest BCUT2D eigenvalue weighted by Gasteiger charge is 2.44. The van der Waals surface area contributed by atoms with Gasteiger partial charge in [-0.3, -0.25) is 0 Å². The van der Waals surface area contributed by atoms with E-state index in [2.05, 4.69) is 0 Å². The van der Waals surface area contributed by atoms with Crippen molar-refractivity contribution in [2.45, 2.75) is 43.7 Å². The van der Waals surface area contributed by atoms with Crippen LogP contribution in [0.5, 0.6) is 0 Å². The van der Waals surface area contributed by atoms with E-state index in [9.17, 15) is 22.7 Å². The number of carboxylic acids is 1.